The normalized spacial score (nSPS) is 13.2. The van der Waals surface area contributed by atoms with Gasteiger partial charge in [0.2, 0.25) is 0 Å². The molecule has 0 bridgehead atoms. The van der Waals surface area contributed by atoms with E-state index in [1.807, 2.05) is 0 Å². The fourth-order valence-corrected chi connectivity index (χ4v) is 2.94. The van der Waals surface area contributed by atoms with Crippen LogP contribution in [0.15, 0.2) is 22.1 Å². The lowest BCUT2D eigenvalue weighted by Crippen LogP contribution is -1.97. The van der Waals surface area contributed by atoms with Crippen molar-refractivity contribution in [1.82, 2.24) is 0 Å². The van der Waals surface area contributed by atoms with Crippen LogP contribution in [-0.2, 0) is 18.1 Å². The van der Waals surface area contributed by atoms with E-state index in [1.54, 1.807) is 12.1 Å². The molecule has 0 N–H and O–H groups in total. The first-order valence-electron chi connectivity index (χ1n) is 4.74. The molecule has 0 heterocycles. The summed E-state index contributed by atoms with van der Waals surface area (Å²) in [4.78, 5) is 0. The summed E-state index contributed by atoms with van der Waals surface area (Å²) < 4.78 is 26.6. The van der Waals surface area contributed by atoms with Crippen LogP contribution in [0.2, 0.25) is 10.0 Å². The predicted molar refractivity (Wildman–Crippen MR) is 80.9 cm³/mol. The molecule has 106 valence electrons. The van der Waals surface area contributed by atoms with E-state index in [1.165, 1.54) is 20.3 Å². The smallest absolute Gasteiger partial charge is 0.401 e. The van der Waals surface area contributed by atoms with E-state index in [9.17, 15) is 4.57 Å². The van der Waals surface area contributed by atoms with Gasteiger partial charge < -0.3 is 4.52 Å². The minimum Gasteiger partial charge on any atom is -0.401 e. The third-order valence-corrected chi connectivity index (χ3v) is 4.38. The van der Waals surface area contributed by atoms with Gasteiger partial charge in [0.05, 0.1) is 5.02 Å². The molecule has 0 aliphatic heterocycles. The second kappa shape index (κ2) is 7.32. The quantitative estimate of drug-likeness (QED) is 0.463. The van der Waals surface area contributed by atoms with Crippen LogP contribution in [0.4, 0.5) is 0 Å². The summed E-state index contributed by atoms with van der Waals surface area (Å²) in [5, 5.41) is 0.722. The first-order valence-corrected chi connectivity index (χ1v) is 8.13. The Bertz CT molecular complexity index is 538. The molecule has 1 rings (SSSR count). The van der Waals surface area contributed by atoms with E-state index >= 15 is 0 Å². The number of phosphoric ester groups is 1. The highest BCUT2D eigenvalue weighted by atomic mass is 79.9. The van der Waals surface area contributed by atoms with Crippen LogP contribution in [0.5, 0.6) is 0 Å². The highest BCUT2D eigenvalue weighted by Gasteiger charge is 2.28. The van der Waals surface area contributed by atoms with Crippen LogP contribution in [-0.4, -0.2) is 14.2 Å². The third kappa shape index (κ3) is 4.64. The van der Waals surface area contributed by atoms with E-state index in [0.29, 0.717) is 10.6 Å². The van der Waals surface area contributed by atoms with Crippen molar-refractivity contribution in [2.24, 2.45) is 0 Å². The van der Waals surface area contributed by atoms with Gasteiger partial charge in [-0.25, -0.2) is 4.57 Å². The zero-order chi connectivity index (χ0) is 14.6. The largest absolute Gasteiger partial charge is 0.529 e. The number of phosphoric acid groups is 1. The molecule has 0 aromatic heterocycles. The lowest BCUT2D eigenvalue weighted by atomic mass is 10.2. The summed E-state index contributed by atoms with van der Waals surface area (Å²) in [5.74, 6) is 0.0235. The number of hydrogen-bond acceptors (Lipinski definition) is 4. The van der Waals surface area contributed by atoms with Crippen molar-refractivity contribution in [1.29, 1.82) is 0 Å². The fraction of sp³-hybridized carbons (Fsp3) is 0.200. The summed E-state index contributed by atoms with van der Waals surface area (Å²) in [5.41, 5.74) is 0.391. The highest BCUT2D eigenvalue weighted by Crippen LogP contribution is 2.53. The maximum atomic E-state index is 12.0. The predicted octanol–water partition coefficient (Wildman–Crippen LogP) is 5.67. The van der Waals surface area contributed by atoms with Crippen molar-refractivity contribution in [3.63, 3.8) is 0 Å². The monoisotopic (exact) mass is 408 g/mol. The summed E-state index contributed by atoms with van der Waals surface area (Å²) in [6, 6.07) is 4.65. The maximum Gasteiger partial charge on any atom is 0.529 e. The van der Waals surface area contributed by atoms with Gasteiger partial charge in [-0.15, -0.1) is 0 Å². The molecule has 1 aromatic rings. The standard InChI is InChI=1S/C10H9BrCl3O4P/c1-16-19(15,17-2)18-9(10(11)14)7-4-3-6(12)5-8(7)13/h3-5H,1-2H3/b10-9-. The Hall–Kier alpha value is 0.260. The van der Waals surface area contributed by atoms with Crippen molar-refractivity contribution in [3.8, 4) is 0 Å². The van der Waals surface area contributed by atoms with Crippen LogP contribution in [0, 0.1) is 0 Å². The van der Waals surface area contributed by atoms with Gasteiger partial charge in [-0.2, -0.15) is 0 Å². The Morgan fingerprint density at radius 3 is 2.26 bits per heavy atom. The number of halogens is 4. The molecule has 0 aliphatic rings. The molecule has 0 spiro atoms. The first kappa shape index (κ1) is 17.3. The van der Waals surface area contributed by atoms with Crippen molar-refractivity contribution < 1.29 is 18.1 Å². The summed E-state index contributed by atoms with van der Waals surface area (Å²) in [6.07, 6.45) is 0. The van der Waals surface area contributed by atoms with Crippen molar-refractivity contribution in [2.75, 3.05) is 14.2 Å². The first-order chi connectivity index (χ1) is 8.83. The molecular formula is C10H9BrCl3O4P. The molecular weight excluding hydrogens is 401 g/mol. The van der Waals surface area contributed by atoms with E-state index < -0.39 is 7.82 Å². The van der Waals surface area contributed by atoms with Crippen molar-refractivity contribution >= 4 is 64.3 Å². The fourth-order valence-electron chi connectivity index (χ4n) is 1.12. The van der Waals surface area contributed by atoms with Gasteiger partial charge in [-0.3, -0.25) is 9.05 Å². The second-order valence-electron chi connectivity index (χ2n) is 3.12. The summed E-state index contributed by atoms with van der Waals surface area (Å²) >= 11 is 20.7. The van der Waals surface area contributed by atoms with Gasteiger partial charge in [-0.1, -0.05) is 34.8 Å². The van der Waals surface area contributed by atoms with Gasteiger partial charge in [-0.05, 0) is 34.1 Å². The Morgan fingerprint density at radius 2 is 1.84 bits per heavy atom. The van der Waals surface area contributed by atoms with Crippen LogP contribution < -0.4 is 0 Å². The Balaban J connectivity index is 3.24. The maximum absolute atomic E-state index is 12.0. The molecule has 0 saturated carbocycles. The van der Waals surface area contributed by atoms with E-state index in [0.717, 1.165) is 0 Å². The lowest BCUT2D eigenvalue weighted by Gasteiger charge is -2.17. The summed E-state index contributed by atoms with van der Waals surface area (Å²) in [6.45, 7) is 0. The average molecular weight is 410 g/mol. The Kier molecular flexibility index (Phi) is 6.67. The van der Waals surface area contributed by atoms with Gasteiger partial charge in [0.1, 0.15) is 3.94 Å². The highest BCUT2D eigenvalue weighted by molar-refractivity contribution is 9.12. The second-order valence-corrected chi connectivity index (χ2v) is 7.40. The van der Waals surface area contributed by atoms with Crippen LogP contribution in [0.1, 0.15) is 5.56 Å². The number of benzene rings is 1. The molecule has 0 aliphatic carbocycles. The van der Waals surface area contributed by atoms with Crippen LogP contribution in [0.25, 0.3) is 5.76 Å². The number of hydrogen-bond donors (Lipinski definition) is 0. The van der Waals surface area contributed by atoms with Gasteiger partial charge in [0, 0.05) is 24.8 Å². The topological polar surface area (TPSA) is 44.8 Å². The minimum absolute atomic E-state index is 0.0235. The minimum atomic E-state index is -3.75. The van der Waals surface area contributed by atoms with E-state index in [-0.39, 0.29) is 14.7 Å². The van der Waals surface area contributed by atoms with E-state index in [4.69, 9.17) is 39.3 Å². The van der Waals surface area contributed by atoms with Crippen LogP contribution >= 0.6 is 58.6 Å². The van der Waals surface area contributed by atoms with Crippen molar-refractivity contribution in [2.45, 2.75) is 0 Å². The molecule has 0 unspecified atom stereocenters. The molecule has 0 saturated heterocycles. The third-order valence-electron chi connectivity index (χ3n) is 2.00. The molecule has 9 heteroatoms. The zero-order valence-corrected chi connectivity index (χ0v) is 14.6. The van der Waals surface area contributed by atoms with Gasteiger partial charge in [0.15, 0.2) is 5.76 Å². The molecule has 1 aromatic carbocycles. The van der Waals surface area contributed by atoms with Crippen LogP contribution in [0.3, 0.4) is 0 Å². The molecule has 19 heavy (non-hydrogen) atoms. The lowest BCUT2D eigenvalue weighted by molar-refractivity contribution is 0.201. The molecule has 4 nitrogen and oxygen atoms in total. The summed E-state index contributed by atoms with van der Waals surface area (Å²) in [7, 11) is -1.38. The molecule has 0 amide bonds. The molecule has 0 atom stereocenters. The van der Waals surface area contributed by atoms with Gasteiger partial charge >= 0.3 is 7.82 Å². The molecule has 0 radical (unpaired) electrons. The zero-order valence-electron chi connectivity index (χ0n) is 9.82. The Morgan fingerprint density at radius 1 is 1.26 bits per heavy atom. The Labute approximate surface area is 134 Å². The number of rotatable bonds is 5. The SMILES string of the molecule is COP(=O)(OC)O/C(=C(\Cl)Br)c1ccc(Cl)cc1Cl. The van der Waals surface area contributed by atoms with E-state index in [2.05, 4.69) is 25.0 Å². The van der Waals surface area contributed by atoms with Gasteiger partial charge in [0.25, 0.3) is 0 Å². The van der Waals surface area contributed by atoms with Crippen molar-refractivity contribution in [3.05, 3.63) is 37.7 Å². The average Bonchev–Trinajstić information content (AvgIpc) is 2.36. The molecule has 0 fully saturated rings.